The van der Waals surface area contributed by atoms with Gasteiger partial charge in [0.25, 0.3) is 0 Å². The Morgan fingerprint density at radius 3 is 2.76 bits per heavy atom. The molecule has 2 amide bonds. The lowest BCUT2D eigenvalue weighted by atomic mass is 10.2. The molecule has 2 atom stereocenters. The largest absolute Gasteiger partial charge is 0.349 e. The number of thioether (sulfide) groups is 1. The summed E-state index contributed by atoms with van der Waals surface area (Å²) in [4.78, 5) is 27.1. The molecule has 21 heavy (non-hydrogen) atoms. The normalized spacial score (nSPS) is 21.7. The molecule has 6 heteroatoms. The predicted molar refractivity (Wildman–Crippen MR) is 81.2 cm³/mol. The van der Waals surface area contributed by atoms with Crippen molar-refractivity contribution in [2.75, 3.05) is 20.6 Å². The van der Waals surface area contributed by atoms with Crippen LogP contribution in [0.3, 0.4) is 0 Å². The second-order valence-electron chi connectivity index (χ2n) is 5.26. The fourth-order valence-electron chi connectivity index (χ4n) is 2.26. The van der Waals surface area contributed by atoms with E-state index in [1.807, 2.05) is 13.0 Å². The smallest absolute Gasteiger partial charge is 0.236 e. The highest BCUT2D eigenvalue weighted by molar-refractivity contribution is 8.01. The van der Waals surface area contributed by atoms with Crippen LogP contribution >= 0.6 is 11.8 Å². The zero-order valence-electron chi connectivity index (χ0n) is 12.4. The van der Waals surface area contributed by atoms with Crippen molar-refractivity contribution in [3.8, 4) is 0 Å². The van der Waals surface area contributed by atoms with Crippen molar-refractivity contribution in [1.29, 1.82) is 0 Å². The SMILES string of the molecule is CC1SC(c2cccc(F)c2)N(CCC(=O)N(C)C)C1=O. The Balaban J connectivity index is 2.15. The van der Waals surface area contributed by atoms with E-state index >= 15 is 0 Å². The fourth-order valence-corrected chi connectivity index (χ4v) is 3.56. The first kappa shape index (κ1) is 15.8. The topological polar surface area (TPSA) is 40.6 Å². The minimum Gasteiger partial charge on any atom is -0.349 e. The summed E-state index contributed by atoms with van der Waals surface area (Å²) in [6.07, 6.45) is 0.276. The monoisotopic (exact) mass is 310 g/mol. The molecule has 1 heterocycles. The summed E-state index contributed by atoms with van der Waals surface area (Å²) in [5.41, 5.74) is 0.759. The highest BCUT2D eigenvalue weighted by Gasteiger charge is 2.38. The first-order chi connectivity index (χ1) is 9.90. The number of carbonyl (C=O) groups is 2. The van der Waals surface area contributed by atoms with E-state index in [-0.39, 0.29) is 34.7 Å². The van der Waals surface area contributed by atoms with Crippen LogP contribution in [0.1, 0.15) is 24.3 Å². The lowest BCUT2D eigenvalue weighted by Crippen LogP contribution is -2.34. The average molecular weight is 310 g/mol. The molecule has 0 saturated carbocycles. The second-order valence-corrected chi connectivity index (χ2v) is 6.68. The van der Waals surface area contributed by atoms with E-state index in [2.05, 4.69) is 0 Å². The van der Waals surface area contributed by atoms with Gasteiger partial charge in [0.15, 0.2) is 0 Å². The van der Waals surface area contributed by atoms with Gasteiger partial charge in [-0.3, -0.25) is 9.59 Å². The van der Waals surface area contributed by atoms with Crippen molar-refractivity contribution in [1.82, 2.24) is 9.80 Å². The van der Waals surface area contributed by atoms with Crippen LogP contribution in [0.5, 0.6) is 0 Å². The number of nitrogens with zero attached hydrogens (tertiary/aromatic N) is 2. The van der Waals surface area contributed by atoms with Crippen LogP contribution in [0.15, 0.2) is 24.3 Å². The molecule has 2 unspecified atom stereocenters. The summed E-state index contributed by atoms with van der Waals surface area (Å²) in [5, 5.41) is -0.397. The van der Waals surface area contributed by atoms with Gasteiger partial charge in [0, 0.05) is 27.1 Å². The van der Waals surface area contributed by atoms with Gasteiger partial charge in [-0.05, 0) is 24.6 Å². The number of rotatable bonds is 4. The standard InChI is InChI=1S/C15H19FN2O2S/c1-10-14(20)18(8-7-13(19)17(2)3)15(21-10)11-5-4-6-12(16)9-11/h4-6,9-10,15H,7-8H2,1-3H3. The van der Waals surface area contributed by atoms with E-state index in [0.717, 1.165) is 5.56 Å². The molecule has 1 aliphatic rings. The van der Waals surface area contributed by atoms with Gasteiger partial charge in [0.1, 0.15) is 11.2 Å². The summed E-state index contributed by atoms with van der Waals surface area (Å²) in [5.74, 6) is -0.337. The summed E-state index contributed by atoms with van der Waals surface area (Å²) in [7, 11) is 3.38. The lowest BCUT2D eigenvalue weighted by Gasteiger charge is -2.24. The van der Waals surface area contributed by atoms with Gasteiger partial charge in [-0.25, -0.2) is 4.39 Å². The molecular formula is C15H19FN2O2S. The Kier molecular flexibility index (Phi) is 4.88. The maximum atomic E-state index is 13.4. The molecule has 0 N–H and O–H groups in total. The van der Waals surface area contributed by atoms with Gasteiger partial charge in [-0.15, -0.1) is 11.8 Å². The van der Waals surface area contributed by atoms with E-state index in [4.69, 9.17) is 0 Å². The van der Waals surface area contributed by atoms with Crippen molar-refractivity contribution >= 4 is 23.6 Å². The number of hydrogen-bond donors (Lipinski definition) is 0. The third-order valence-corrected chi connectivity index (χ3v) is 4.84. The van der Waals surface area contributed by atoms with Gasteiger partial charge < -0.3 is 9.80 Å². The molecule has 4 nitrogen and oxygen atoms in total. The second kappa shape index (κ2) is 6.47. The first-order valence-corrected chi connectivity index (χ1v) is 7.76. The van der Waals surface area contributed by atoms with Crippen LogP contribution in [-0.4, -0.2) is 47.5 Å². The van der Waals surface area contributed by atoms with Gasteiger partial charge in [0.2, 0.25) is 11.8 Å². The summed E-state index contributed by atoms with van der Waals surface area (Å²) in [6.45, 7) is 2.20. The molecule has 1 aromatic carbocycles. The van der Waals surface area contributed by atoms with Crippen molar-refractivity contribution in [3.05, 3.63) is 35.6 Å². The van der Waals surface area contributed by atoms with Gasteiger partial charge in [0.05, 0.1) is 5.25 Å². The van der Waals surface area contributed by atoms with Crippen molar-refractivity contribution < 1.29 is 14.0 Å². The van der Waals surface area contributed by atoms with Crippen LogP contribution < -0.4 is 0 Å². The first-order valence-electron chi connectivity index (χ1n) is 6.81. The maximum absolute atomic E-state index is 13.4. The van der Waals surface area contributed by atoms with Gasteiger partial charge in [-0.1, -0.05) is 12.1 Å². The van der Waals surface area contributed by atoms with Crippen LogP contribution in [0.4, 0.5) is 4.39 Å². The number of carbonyl (C=O) groups excluding carboxylic acids is 2. The van der Waals surface area contributed by atoms with Crippen LogP contribution in [0, 0.1) is 5.82 Å². The molecule has 2 rings (SSSR count). The van der Waals surface area contributed by atoms with E-state index in [1.54, 1.807) is 25.1 Å². The Labute approximate surface area is 128 Å². The number of amides is 2. The lowest BCUT2D eigenvalue weighted by molar-refractivity contribution is -0.132. The number of hydrogen-bond acceptors (Lipinski definition) is 3. The maximum Gasteiger partial charge on any atom is 0.236 e. The minimum absolute atomic E-state index is 0.000757. The zero-order valence-corrected chi connectivity index (χ0v) is 13.2. The number of benzene rings is 1. The molecule has 0 radical (unpaired) electrons. The Morgan fingerprint density at radius 1 is 1.43 bits per heavy atom. The molecule has 1 aliphatic heterocycles. The quantitative estimate of drug-likeness (QED) is 0.856. The van der Waals surface area contributed by atoms with Gasteiger partial charge >= 0.3 is 0 Å². The summed E-state index contributed by atoms with van der Waals surface area (Å²) >= 11 is 1.49. The molecule has 0 aromatic heterocycles. The molecule has 0 bridgehead atoms. The minimum atomic E-state index is -0.315. The van der Waals surface area contributed by atoms with Crippen LogP contribution in [0.25, 0.3) is 0 Å². The van der Waals surface area contributed by atoms with Crippen LogP contribution in [0.2, 0.25) is 0 Å². The third-order valence-electron chi connectivity index (χ3n) is 3.45. The summed E-state index contributed by atoms with van der Waals surface area (Å²) < 4.78 is 13.4. The van der Waals surface area contributed by atoms with E-state index < -0.39 is 0 Å². The zero-order chi connectivity index (χ0) is 15.6. The molecule has 1 aromatic rings. The third kappa shape index (κ3) is 3.56. The van der Waals surface area contributed by atoms with Crippen molar-refractivity contribution in [2.45, 2.75) is 24.0 Å². The highest BCUT2D eigenvalue weighted by atomic mass is 32.2. The average Bonchev–Trinajstić information content (AvgIpc) is 2.72. The summed E-state index contributed by atoms with van der Waals surface area (Å²) in [6, 6.07) is 6.28. The fraction of sp³-hybridized carbons (Fsp3) is 0.467. The molecule has 1 fully saturated rings. The molecule has 114 valence electrons. The molecule has 0 aliphatic carbocycles. The van der Waals surface area contributed by atoms with E-state index in [9.17, 15) is 14.0 Å². The van der Waals surface area contributed by atoms with E-state index in [1.165, 1.54) is 28.8 Å². The Bertz CT molecular complexity index is 550. The molecular weight excluding hydrogens is 291 g/mol. The Hall–Kier alpha value is -1.56. The van der Waals surface area contributed by atoms with Crippen molar-refractivity contribution in [2.24, 2.45) is 0 Å². The highest BCUT2D eigenvalue weighted by Crippen LogP contribution is 2.42. The van der Waals surface area contributed by atoms with Gasteiger partial charge in [-0.2, -0.15) is 0 Å². The van der Waals surface area contributed by atoms with Crippen molar-refractivity contribution in [3.63, 3.8) is 0 Å². The predicted octanol–water partition coefficient (Wildman–Crippen LogP) is 2.27. The van der Waals surface area contributed by atoms with Crippen LogP contribution in [-0.2, 0) is 9.59 Å². The molecule has 1 saturated heterocycles. The number of halogens is 1. The Morgan fingerprint density at radius 2 is 2.14 bits per heavy atom. The molecule has 0 spiro atoms. The van der Waals surface area contributed by atoms with E-state index in [0.29, 0.717) is 6.54 Å².